The van der Waals surface area contributed by atoms with E-state index in [0.29, 0.717) is 0 Å². The Hall–Kier alpha value is -4.47. The van der Waals surface area contributed by atoms with Crippen LogP contribution in [0.25, 0.3) is 69.7 Å². The van der Waals surface area contributed by atoms with Crippen molar-refractivity contribution < 1.29 is 0 Å². The molecular formula is C33H20N2S. The fourth-order valence-corrected chi connectivity index (χ4v) is 6.81. The smallest absolute Gasteiger partial charge is 0.145 e. The Labute approximate surface area is 211 Å². The zero-order chi connectivity index (χ0) is 23.6. The highest BCUT2D eigenvalue weighted by molar-refractivity contribution is 7.26. The van der Waals surface area contributed by atoms with Gasteiger partial charge in [0.05, 0.1) is 5.52 Å². The molecule has 168 valence electrons. The second kappa shape index (κ2) is 7.51. The first-order valence-corrected chi connectivity index (χ1v) is 13.0. The number of hydrogen-bond acceptors (Lipinski definition) is 2. The zero-order valence-electron chi connectivity index (χ0n) is 19.3. The Morgan fingerprint density at radius 2 is 1.28 bits per heavy atom. The third-order valence-electron chi connectivity index (χ3n) is 7.29. The number of imidazole rings is 1. The van der Waals surface area contributed by atoms with Crippen molar-refractivity contribution in [2.45, 2.75) is 0 Å². The fraction of sp³-hybridized carbons (Fsp3) is 0. The molecule has 0 unspecified atom stereocenters. The quantitative estimate of drug-likeness (QED) is 0.227. The van der Waals surface area contributed by atoms with Crippen molar-refractivity contribution in [3.8, 4) is 22.3 Å². The molecular weight excluding hydrogens is 456 g/mol. The maximum absolute atomic E-state index is 4.62. The first-order chi connectivity index (χ1) is 17.8. The minimum absolute atomic E-state index is 1.01. The number of thiophene rings is 1. The largest absolute Gasteiger partial charge is 0.299 e. The van der Waals surface area contributed by atoms with E-state index in [2.05, 4.69) is 119 Å². The summed E-state index contributed by atoms with van der Waals surface area (Å²) in [7, 11) is 0. The molecule has 3 heteroatoms. The summed E-state index contributed by atoms with van der Waals surface area (Å²) in [5, 5.41) is 6.34. The standard InChI is InChI=1S/C33H20N2S/c1-2-8-28-25(6-1)29-20-23(16-17-30(29)35-19-18-34-33(28)35)21-12-14-22(15-13-21)24-9-5-10-27-26-7-3-4-11-31(26)36-32(24)27/h1-20H. The van der Waals surface area contributed by atoms with E-state index in [4.69, 9.17) is 0 Å². The molecule has 0 saturated heterocycles. The molecule has 36 heavy (non-hydrogen) atoms. The van der Waals surface area contributed by atoms with E-state index in [-0.39, 0.29) is 0 Å². The molecule has 0 amide bonds. The summed E-state index contributed by atoms with van der Waals surface area (Å²) in [6.45, 7) is 0. The SMILES string of the molecule is c1ccc2c(c1)sc1c(-c3ccc(-c4ccc5c(c4)c4ccccc4c4nccn54)cc3)cccc12. The van der Waals surface area contributed by atoms with Gasteiger partial charge in [0, 0.05) is 43.3 Å². The number of hydrogen-bond donors (Lipinski definition) is 0. The van der Waals surface area contributed by atoms with E-state index in [0.717, 1.165) is 5.65 Å². The van der Waals surface area contributed by atoms with Crippen molar-refractivity contribution >= 4 is 58.8 Å². The molecule has 8 rings (SSSR count). The van der Waals surface area contributed by atoms with Crippen molar-refractivity contribution in [1.82, 2.24) is 9.38 Å². The topological polar surface area (TPSA) is 17.3 Å². The van der Waals surface area contributed by atoms with Crippen LogP contribution in [-0.4, -0.2) is 9.38 Å². The summed E-state index contributed by atoms with van der Waals surface area (Å²) in [4.78, 5) is 4.62. The summed E-state index contributed by atoms with van der Waals surface area (Å²) < 4.78 is 4.89. The number of benzene rings is 5. The van der Waals surface area contributed by atoms with Crippen LogP contribution in [-0.2, 0) is 0 Å². The number of aromatic nitrogens is 2. The van der Waals surface area contributed by atoms with Crippen molar-refractivity contribution in [2.75, 3.05) is 0 Å². The van der Waals surface area contributed by atoms with Crippen LogP contribution >= 0.6 is 11.3 Å². The third-order valence-corrected chi connectivity index (χ3v) is 8.51. The average Bonchev–Trinajstić information content (AvgIpc) is 3.59. The van der Waals surface area contributed by atoms with Gasteiger partial charge in [0.15, 0.2) is 0 Å². The number of pyridine rings is 1. The molecule has 0 fully saturated rings. The average molecular weight is 477 g/mol. The summed E-state index contributed by atoms with van der Waals surface area (Å²) in [6.07, 6.45) is 3.93. The molecule has 0 aliphatic rings. The van der Waals surface area contributed by atoms with Gasteiger partial charge < -0.3 is 0 Å². The number of fused-ring (bicyclic) bond motifs is 9. The Kier molecular flexibility index (Phi) is 4.13. The van der Waals surface area contributed by atoms with Gasteiger partial charge in [0.25, 0.3) is 0 Å². The molecule has 8 aromatic rings. The molecule has 3 aromatic heterocycles. The lowest BCUT2D eigenvalue weighted by Gasteiger charge is -2.11. The molecule has 3 heterocycles. The van der Waals surface area contributed by atoms with Crippen LogP contribution in [0.1, 0.15) is 0 Å². The summed E-state index contributed by atoms with van der Waals surface area (Å²) in [5.74, 6) is 0. The summed E-state index contributed by atoms with van der Waals surface area (Å²) in [6, 6.07) is 39.7. The molecule has 0 saturated carbocycles. The van der Waals surface area contributed by atoms with Gasteiger partial charge in [-0.1, -0.05) is 91.0 Å². The minimum atomic E-state index is 1.01. The minimum Gasteiger partial charge on any atom is -0.299 e. The molecule has 0 aliphatic carbocycles. The van der Waals surface area contributed by atoms with Gasteiger partial charge in [-0.05, 0) is 45.8 Å². The molecule has 0 aliphatic heterocycles. The lowest BCUT2D eigenvalue weighted by atomic mass is 9.97. The van der Waals surface area contributed by atoms with Crippen LogP contribution < -0.4 is 0 Å². The van der Waals surface area contributed by atoms with Crippen molar-refractivity contribution in [2.24, 2.45) is 0 Å². The normalized spacial score (nSPS) is 11.9. The van der Waals surface area contributed by atoms with E-state index in [9.17, 15) is 0 Å². The first kappa shape index (κ1) is 19.8. The van der Waals surface area contributed by atoms with Gasteiger partial charge in [-0.25, -0.2) is 4.98 Å². The lowest BCUT2D eigenvalue weighted by molar-refractivity contribution is 1.27. The predicted octanol–water partition coefficient (Wildman–Crippen LogP) is 9.34. The maximum atomic E-state index is 4.62. The van der Waals surface area contributed by atoms with E-state index in [1.54, 1.807) is 0 Å². The van der Waals surface area contributed by atoms with Crippen LogP contribution in [0.3, 0.4) is 0 Å². The van der Waals surface area contributed by atoms with Crippen LogP contribution in [0, 0.1) is 0 Å². The Morgan fingerprint density at radius 3 is 2.17 bits per heavy atom. The lowest BCUT2D eigenvalue weighted by Crippen LogP contribution is -1.91. The number of rotatable bonds is 2. The van der Waals surface area contributed by atoms with Crippen LogP contribution in [0.15, 0.2) is 122 Å². The molecule has 0 spiro atoms. The van der Waals surface area contributed by atoms with E-state index in [1.807, 2.05) is 23.7 Å². The second-order valence-corrected chi connectivity index (χ2v) is 10.3. The van der Waals surface area contributed by atoms with Crippen molar-refractivity contribution in [3.63, 3.8) is 0 Å². The predicted molar refractivity (Wildman–Crippen MR) is 154 cm³/mol. The molecule has 5 aromatic carbocycles. The van der Waals surface area contributed by atoms with Gasteiger partial charge in [-0.2, -0.15) is 0 Å². The summed E-state index contributed by atoms with van der Waals surface area (Å²) in [5.41, 5.74) is 7.18. The maximum Gasteiger partial charge on any atom is 0.145 e. The van der Waals surface area contributed by atoms with Crippen molar-refractivity contribution in [1.29, 1.82) is 0 Å². The third kappa shape index (κ3) is 2.81. The fourth-order valence-electron chi connectivity index (χ4n) is 5.57. The Morgan fingerprint density at radius 1 is 0.556 bits per heavy atom. The van der Waals surface area contributed by atoms with Gasteiger partial charge in [-0.3, -0.25) is 4.40 Å². The van der Waals surface area contributed by atoms with Crippen LogP contribution in [0.4, 0.5) is 0 Å². The number of nitrogens with zero attached hydrogens (tertiary/aromatic N) is 2. The van der Waals surface area contributed by atoms with E-state index in [1.165, 1.54) is 64.1 Å². The summed E-state index contributed by atoms with van der Waals surface area (Å²) >= 11 is 1.88. The molecule has 0 N–H and O–H groups in total. The zero-order valence-corrected chi connectivity index (χ0v) is 20.2. The molecule has 2 nitrogen and oxygen atoms in total. The van der Waals surface area contributed by atoms with Gasteiger partial charge in [-0.15, -0.1) is 11.3 Å². The highest BCUT2D eigenvalue weighted by Crippen LogP contribution is 2.40. The van der Waals surface area contributed by atoms with Crippen LogP contribution in [0.2, 0.25) is 0 Å². The monoisotopic (exact) mass is 476 g/mol. The van der Waals surface area contributed by atoms with Gasteiger partial charge in [0.2, 0.25) is 0 Å². The van der Waals surface area contributed by atoms with Crippen molar-refractivity contribution in [3.05, 3.63) is 122 Å². The molecule has 0 radical (unpaired) electrons. The first-order valence-electron chi connectivity index (χ1n) is 12.1. The van der Waals surface area contributed by atoms with E-state index >= 15 is 0 Å². The Bertz CT molecular complexity index is 2100. The molecule has 0 bridgehead atoms. The van der Waals surface area contributed by atoms with Gasteiger partial charge >= 0.3 is 0 Å². The van der Waals surface area contributed by atoms with Crippen LogP contribution in [0.5, 0.6) is 0 Å². The second-order valence-electron chi connectivity index (χ2n) is 9.26. The van der Waals surface area contributed by atoms with Gasteiger partial charge in [0.1, 0.15) is 5.65 Å². The molecule has 0 atom stereocenters. The Balaban J connectivity index is 1.27. The highest BCUT2D eigenvalue weighted by Gasteiger charge is 2.12. The highest BCUT2D eigenvalue weighted by atomic mass is 32.1. The van der Waals surface area contributed by atoms with E-state index < -0.39 is 0 Å².